The van der Waals surface area contributed by atoms with Crippen LogP contribution in [0.3, 0.4) is 0 Å². The lowest BCUT2D eigenvalue weighted by molar-refractivity contribution is 0.104. The average Bonchev–Trinajstić information content (AvgIpc) is 3.22. The number of piperidine rings is 1. The lowest BCUT2D eigenvalue weighted by Crippen LogP contribution is -2.51. The van der Waals surface area contributed by atoms with Crippen LogP contribution in [0.2, 0.25) is 10.0 Å². The highest BCUT2D eigenvalue weighted by Gasteiger charge is 2.35. The molecule has 2 unspecified atom stereocenters. The van der Waals surface area contributed by atoms with Crippen LogP contribution >= 0.6 is 23.2 Å². The molecule has 4 nitrogen and oxygen atoms in total. The fourth-order valence-electron chi connectivity index (χ4n) is 4.96. The van der Waals surface area contributed by atoms with E-state index in [2.05, 4.69) is 22.3 Å². The molecular formula is C25H30Cl2N2O2. The third kappa shape index (κ3) is 6.38. The molecule has 2 aromatic carbocycles. The fourth-order valence-corrected chi connectivity index (χ4v) is 5.30. The summed E-state index contributed by atoms with van der Waals surface area (Å²) in [5.41, 5.74) is 2.26. The highest BCUT2D eigenvalue weighted by molar-refractivity contribution is 6.30. The number of carbonyl (C=O) groups is 1. The third-order valence-corrected chi connectivity index (χ3v) is 7.08. The van der Waals surface area contributed by atoms with Gasteiger partial charge in [-0.2, -0.15) is 0 Å². The molecule has 4 rings (SSSR count). The zero-order chi connectivity index (χ0) is 21.6. The molecule has 0 bridgehead atoms. The molecule has 0 spiro atoms. The van der Waals surface area contributed by atoms with Crippen molar-refractivity contribution < 1.29 is 9.53 Å². The van der Waals surface area contributed by atoms with Gasteiger partial charge in [-0.15, -0.1) is 0 Å². The van der Waals surface area contributed by atoms with Crippen molar-refractivity contribution >= 4 is 29.3 Å². The molecule has 1 aliphatic heterocycles. The molecule has 1 saturated heterocycles. The van der Waals surface area contributed by atoms with Gasteiger partial charge in [0.1, 0.15) is 6.61 Å². The lowest BCUT2D eigenvalue weighted by atomic mass is 9.89. The van der Waals surface area contributed by atoms with E-state index in [0.29, 0.717) is 17.0 Å². The largest absolute Gasteiger partial charge is 0.445 e. The molecule has 1 saturated carbocycles. The van der Waals surface area contributed by atoms with Gasteiger partial charge in [-0.25, -0.2) is 4.79 Å². The first-order chi connectivity index (χ1) is 15.1. The summed E-state index contributed by atoms with van der Waals surface area (Å²) in [6, 6.07) is 16.2. The summed E-state index contributed by atoms with van der Waals surface area (Å²) in [4.78, 5) is 14.9. The first kappa shape index (κ1) is 22.4. The number of ether oxygens (including phenoxy) is 1. The van der Waals surface area contributed by atoms with Gasteiger partial charge in [0.05, 0.1) is 0 Å². The van der Waals surface area contributed by atoms with E-state index >= 15 is 0 Å². The average molecular weight is 461 g/mol. The number of alkyl carbamates (subject to hydrolysis) is 1. The number of benzene rings is 2. The molecule has 6 heteroatoms. The Morgan fingerprint density at radius 1 is 0.968 bits per heavy atom. The Morgan fingerprint density at radius 2 is 1.74 bits per heavy atom. The Balaban J connectivity index is 1.23. The number of rotatable bonds is 6. The van der Waals surface area contributed by atoms with Gasteiger partial charge in [0.25, 0.3) is 0 Å². The summed E-state index contributed by atoms with van der Waals surface area (Å²) >= 11 is 12.0. The summed E-state index contributed by atoms with van der Waals surface area (Å²) in [5, 5.41) is 4.56. The highest BCUT2D eigenvalue weighted by atomic mass is 35.5. The van der Waals surface area contributed by atoms with Gasteiger partial charge in [-0.3, -0.25) is 4.90 Å². The molecule has 2 aliphatic rings. The molecule has 0 aromatic heterocycles. The van der Waals surface area contributed by atoms with Crippen LogP contribution in [0.4, 0.5) is 4.79 Å². The van der Waals surface area contributed by atoms with Gasteiger partial charge in [0.15, 0.2) is 0 Å². The van der Waals surface area contributed by atoms with Gasteiger partial charge < -0.3 is 10.1 Å². The molecule has 166 valence electrons. The molecule has 0 radical (unpaired) electrons. The van der Waals surface area contributed by atoms with Gasteiger partial charge in [-0.05, 0) is 92.9 Å². The van der Waals surface area contributed by atoms with Gasteiger partial charge in [0.2, 0.25) is 0 Å². The maximum Gasteiger partial charge on any atom is 0.407 e. The zero-order valence-corrected chi connectivity index (χ0v) is 19.2. The maximum atomic E-state index is 12.4. The topological polar surface area (TPSA) is 41.6 Å². The first-order valence-electron chi connectivity index (χ1n) is 11.2. The second-order valence-electron chi connectivity index (χ2n) is 8.77. The Bertz CT molecular complexity index is 866. The second kappa shape index (κ2) is 10.7. The van der Waals surface area contributed by atoms with Gasteiger partial charge in [-0.1, -0.05) is 47.5 Å². The van der Waals surface area contributed by atoms with Crippen molar-refractivity contribution in [3.63, 3.8) is 0 Å². The van der Waals surface area contributed by atoms with Crippen molar-refractivity contribution in [3.05, 3.63) is 69.7 Å². The first-order valence-corrected chi connectivity index (χ1v) is 12.0. The quantitative estimate of drug-likeness (QED) is 0.566. The molecule has 2 atom stereocenters. The van der Waals surface area contributed by atoms with Crippen molar-refractivity contribution in [2.45, 2.75) is 57.2 Å². The predicted octanol–water partition coefficient (Wildman–Crippen LogP) is 6.10. The normalized spacial score (nSPS) is 22.4. The molecule has 2 aromatic rings. The molecule has 1 heterocycles. The van der Waals surface area contributed by atoms with Crippen LogP contribution in [0, 0.1) is 5.92 Å². The lowest BCUT2D eigenvalue weighted by Gasteiger charge is -2.38. The summed E-state index contributed by atoms with van der Waals surface area (Å²) in [5.74, 6) is 0.716. The Hall–Kier alpha value is -1.75. The summed E-state index contributed by atoms with van der Waals surface area (Å²) in [6.45, 7) is 2.43. The SMILES string of the molecule is O=C(NC1CCCC1N1CCC(Cc2ccc(Cl)cc2)CC1)OCc1cccc(Cl)c1. The van der Waals surface area contributed by atoms with Crippen molar-refractivity contribution in [3.8, 4) is 0 Å². The van der Waals surface area contributed by atoms with E-state index < -0.39 is 0 Å². The van der Waals surface area contributed by atoms with E-state index in [4.69, 9.17) is 27.9 Å². The summed E-state index contributed by atoms with van der Waals surface area (Å²) < 4.78 is 5.44. The maximum absolute atomic E-state index is 12.4. The van der Waals surface area contributed by atoms with Crippen LogP contribution in [0.5, 0.6) is 0 Å². The Morgan fingerprint density at radius 3 is 2.48 bits per heavy atom. The smallest absolute Gasteiger partial charge is 0.407 e. The van der Waals surface area contributed by atoms with Crippen molar-refractivity contribution in [1.29, 1.82) is 0 Å². The minimum atomic E-state index is -0.338. The minimum absolute atomic E-state index is 0.166. The van der Waals surface area contributed by atoms with Crippen LogP contribution in [-0.4, -0.2) is 36.2 Å². The third-order valence-electron chi connectivity index (χ3n) is 6.60. The van der Waals surface area contributed by atoms with E-state index in [1.807, 2.05) is 36.4 Å². The number of amides is 1. The molecule has 1 aliphatic carbocycles. The zero-order valence-electron chi connectivity index (χ0n) is 17.7. The Labute approximate surface area is 194 Å². The van der Waals surface area contributed by atoms with Crippen molar-refractivity contribution in [2.24, 2.45) is 5.92 Å². The highest BCUT2D eigenvalue weighted by Crippen LogP contribution is 2.30. The molecule has 1 N–H and O–H groups in total. The number of likely N-dealkylation sites (tertiary alicyclic amines) is 1. The predicted molar refractivity (Wildman–Crippen MR) is 126 cm³/mol. The van der Waals surface area contributed by atoms with Gasteiger partial charge in [0, 0.05) is 22.1 Å². The summed E-state index contributed by atoms with van der Waals surface area (Å²) in [6.07, 6.45) is 6.48. The van der Waals surface area contributed by atoms with E-state index in [9.17, 15) is 4.79 Å². The molecule has 31 heavy (non-hydrogen) atoms. The molecule has 2 fully saturated rings. The van der Waals surface area contributed by atoms with Crippen LogP contribution in [0.1, 0.15) is 43.2 Å². The van der Waals surface area contributed by atoms with E-state index in [-0.39, 0.29) is 18.7 Å². The number of hydrogen-bond acceptors (Lipinski definition) is 3. The van der Waals surface area contributed by atoms with Crippen LogP contribution < -0.4 is 5.32 Å². The second-order valence-corrected chi connectivity index (χ2v) is 9.64. The summed E-state index contributed by atoms with van der Waals surface area (Å²) in [7, 11) is 0. The van der Waals surface area contributed by atoms with Crippen LogP contribution in [-0.2, 0) is 17.8 Å². The number of hydrogen-bond donors (Lipinski definition) is 1. The minimum Gasteiger partial charge on any atom is -0.445 e. The number of carbonyl (C=O) groups excluding carboxylic acids is 1. The van der Waals surface area contributed by atoms with Crippen LogP contribution in [0.25, 0.3) is 0 Å². The van der Waals surface area contributed by atoms with Crippen molar-refractivity contribution in [2.75, 3.05) is 13.1 Å². The van der Waals surface area contributed by atoms with Crippen molar-refractivity contribution in [1.82, 2.24) is 10.2 Å². The standard InChI is InChI=1S/C25H30Cl2N2O2/c26-21-9-7-18(8-10-21)15-19-11-13-29(14-12-19)24-6-2-5-23(24)28-25(30)31-17-20-3-1-4-22(27)16-20/h1,3-4,7-10,16,19,23-24H,2,5-6,11-15,17H2,(H,28,30). The van der Waals surface area contributed by atoms with Gasteiger partial charge >= 0.3 is 6.09 Å². The number of nitrogens with zero attached hydrogens (tertiary/aromatic N) is 1. The van der Waals surface area contributed by atoms with E-state index in [0.717, 1.165) is 49.4 Å². The monoisotopic (exact) mass is 460 g/mol. The van der Waals surface area contributed by atoms with E-state index in [1.54, 1.807) is 0 Å². The van der Waals surface area contributed by atoms with Crippen LogP contribution in [0.15, 0.2) is 48.5 Å². The fraction of sp³-hybridized carbons (Fsp3) is 0.480. The number of nitrogens with one attached hydrogen (secondary N) is 1. The van der Waals surface area contributed by atoms with E-state index in [1.165, 1.54) is 18.4 Å². The number of halogens is 2. The molecule has 1 amide bonds. The molecular weight excluding hydrogens is 431 g/mol. The Kier molecular flexibility index (Phi) is 7.76.